The molecule has 0 radical (unpaired) electrons. The summed E-state index contributed by atoms with van der Waals surface area (Å²) >= 11 is 0. The van der Waals surface area contributed by atoms with Gasteiger partial charge in [-0.2, -0.15) is 0 Å². The number of imidazole rings is 1. The van der Waals surface area contributed by atoms with E-state index in [2.05, 4.69) is 36.2 Å². The summed E-state index contributed by atoms with van der Waals surface area (Å²) in [4.78, 5) is 8.13. The molecule has 1 saturated heterocycles. The van der Waals surface area contributed by atoms with Gasteiger partial charge in [0.2, 0.25) is 0 Å². The van der Waals surface area contributed by atoms with Gasteiger partial charge >= 0.3 is 0 Å². The van der Waals surface area contributed by atoms with Gasteiger partial charge in [-0.15, -0.1) is 0 Å². The number of ether oxygens (including phenoxy) is 1. The molecule has 0 bridgehead atoms. The Hall–Kier alpha value is -2.33. The van der Waals surface area contributed by atoms with Crippen molar-refractivity contribution in [2.75, 3.05) is 18.9 Å². The van der Waals surface area contributed by atoms with Gasteiger partial charge in [0.15, 0.2) is 0 Å². The average molecular weight is 321 g/mol. The fraction of sp³-hybridized carbons (Fsp3) is 0.350. The summed E-state index contributed by atoms with van der Waals surface area (Å²) in [5, 5.41) is 0. The van der Waals surface area contributed by atoms with Gasteiger partial charge in [-0.05, 0) is 73.6 Å². The van der Waals surface area contributed by atoms with Crippen LogP contribution in [0.2, 0.25) is 0 Å². The maximum atomic E-state index is 6.05. The Morgan fingerprint density at radius 3 is 2.67 bits per heavy atom. The maximum Gasteiger partial charge on any atom is 0.104 e. The SMILES string of the molecule is Cc1nc2c(-c3cc(N)ccc3C)cc(C3CCOCC3)cc2[nH]1. The zero-order chi connectivity index (χ0) is 16.7. The third-order valence-electron chi connectivity index (χ3n) is 4.97. The molecule has 0 atom stereocenters. The van der Waals surface area contributed by atoms with Gasteiger partial charge < -0.3 is 15.5 Å². The second-order valence-corrected chi connectivity index (χ2v) is 6.75. The van der Waals surface area contributed by atoms with E-state index in [1.165, 1.54) is 22.3 Å². The molecule has 24 heavy (non-hydrogen) atoms. The molecule has 4 heteroatoms. The zero-order valence-electron chi connectivity index (χ0n) is 14.2. The van der Waals surface area contributed by atoms with Crippen molar-refractivity contribution in [2.24, 2.45) is 0 Å². The highest BCUT2D eigenvalue weighted by atomic mass is 16.5. The Morgan fingerprint density at radius 2 is 1.88 bits per heavy atom. The summed E-state index contributed by atoms with van der Waals surface area (Å²) in [5.41, 5.74) is 13.9. The van der Waals surface area contributed by atoms with E-state index < -0.39 is 0 Å². The molecule has 1 aromatic heterocycles. The molecule has 0 unspecified atom stereocenters. The van der Waals surface area contributed by atoms with E-state index >= 15 is 0 Å². The number of nitrogens with one attached hydrogen (secondary N) is 1. The van der Waals surface area contributed by atoms with E-state index in [4.69, 9.17) is 15.5 Å². The molecule has 1 fully saturated rings. The molecule has 3 N–H and O–H groups in total. The number of nitrogens with two attached hydrogens (primary N) is 1. The van der Waals surface area contributed by atoms with Crippen molar-refractivity contribution in [1.29, 1.82) is 0 Å². The van der Waals surface area contributed by atoms with Crippen LogP contribution in [0.15, 0.2) is 30.3 Å². The zero-order valence-corrected chi connectivity index (χ0v) is 14.2. The quantitative estimate of drug-likeness (QED) is 0.691. The smallest absolute Gasteiger partial charge is 0.104 e. The standard InChI is InChI=1S/C20H23N3O/c1-12-3-4-16(21)11-17(12)18-9-15(14-5-7-24-8-6-14)10-19-20(18)23-13(2)22-19/h3-4,9-11,14H,5-8,21H2,1-2H3,(H,22,23). The second-order valence-electron chi connectivity index (χ2n) is 6.75. The summed E-state index contributed by atoms with van der Waals surface area (Å²) in [7, 11) is 0. The third kappa shape index (κ3) is 2.67. The highest BCUT2D eigenvalue weighted by Gasteiger charge is 2.19. The minimum atomic E-state index is 0.548. The topological polar surface area (TPSA) is 63.9 Å². The molecule has 0 saturated carbocycles. The average Bonchev–Trinajstić information content (AvgIpc) is 2.97. The molecule has 0 spiro atoms. The van der Waals surface area contributed by atoms with Crippen molar-refractivity contribution in [3.05, 3.63) is 47.3 Å². The second kappa shape index (κ2) is 5.95. The number of aromatic nitrogens is 2. The van der Waals surface area contributed by atoms with Crippen LogP contribution in [0.1, 0.15) is 35.7 Å². The molecule has 4 nitrogen and oxygen atoms in total. The van der Waals surface area contributed by atoms with Gasteiger partial charge in [0.1, 0.15) is 5.82 Å². The highest BCUT2D eigenvalue weighted by molar-refractivity contribution is 5.94. The molecule has 2 heterocycles. The molecule has 1 aliphatic heterocycles. The number of rotatable bonds is 2. The van der Waals surface area contributed by atoms with E-state index in [1.807, 2.05) is 13.0 Å². The fourth-order valence-electron chi connectivity index (χ4n) is 3.66. The number of nitrogens with zero attached hydrogens (tertiary/aromatic N) is 1. The van der Waals surface area contributed by atoms with Crippen molar-refractivity contribution in [3.63, 3.8) is 0 Å². The third-order valence-corrected chi connectivity index (χ3v) is 4.97. The lowest BCUT2D eigenvalue weighted by atomic mass is 9.88. The van der Waals surface area contributed by atoms with E-state index in [0.29, 0.717) is 5.92 Å². The van der Waals surface area contributed by atoms with Crippen molar-refractivity contribution in [2.45, 2.75) is 32.6 Å². The molecular weight excluding hydrogens is 298 g/mol. The molecular formula is C20H23N3O. The molecule has 4 rings (SSSR count). The van der Waals surface area contributed by atoms with Gasteiger partial charge in [0.25, 0.3) is 0 Å². The van der Waals surface area contributed by atoms with Gasteiger partial charge in [0, 0.05) is 24.5 Å². The molecule has 0 amide bonds. The number of hydrogen-bond donors (Lipinski definition) is 2. The molecule has 1 aliphatic rings. The summed E-state index contributed by atoms with van der Waals surface area (Å²) < 4.78 is 5.53. The number of aromatic amines is 1. The Kier molecular flexibility index (Phi) is 3.77. The van der Waals surface area contributed by atoms with E-state index in [-0.39, 0.29) is 0 Å². The Labute approximate surface area is 142 Å². The van der Waals surface area contributed by atoms with Crippen LogP contribution in [0, 0.1) is 13.8 Å². The van der Waals surface area contributed by atoms with Crippen LogP contribution >= 0.6 is 0 Å². The predicted molar refractivity (Wildman–Crippen MR) is 98.2 cm³/mol. The van der Waals surface area contributed by atoms with Crippen molar-refractivity contribution in [3.8, 4) is 11.1 Å². The van der Waals surface area contributed by atoms with Crippen LogP contribution in [0.4, 0.5) is 5.69 Å². The Morgan fingerprint density at radius 1 is 1.08 bits per heavy atom. The minimum Gasteiger partial charge on any atom is -0.399 e. The Bertz CT molecular complexity index is 891. The van der Waals surface area contributed by atoms with Crippen LogP contribution < -0.4 is 5.73 Å². The summed E-state index contributed by atoms with van der Waals surface area (Å²) in [6, 6.07) is 10.7. The largest absolute Gasteiger partial charge is 0.399 e. The molecule has 0 aliphatic carbocycles. The number of benzene rings is 2. The number of fused-ring (bicyclic) bond motifs is 1. The molecule has 124 valence electrons. The van der Waals surface area contributed by atoms with Crippen LogP contribution in [0.3, 0.4) is 0 Å². The van der Waals surface area contributed by atoms with Crippen molar-refractivity contribution < 1.29 is 4.74 Å². The lowest BCUT2D eigenvalue weighted by Gasteiger charge is -2.23. The maximum absolute atomic E-state index is 6.05. The summed E-state index contributed by atoms with van der Waals surface area (Å²) in [5.74, 6) is 1.49. The van der Waals surface area contributed by atoms with Crippen LogP contribution in [0.25, 0.3) is 22.2 Å². The van der Waals surface area contributed by atoms with Crippen LogP contribution in [0.5, 0.6) is 0 Å². The monoisotopic (exact) mass is 321 g/mol. The number of nitrogen functional groups attached to an aromatic ring is 1. The van der Waals surface area contributed by atoms with Gasteiger partial charge in [-0.25, -0.2) is 4.98 Å². The van der Waals surface area contributed by atoms with E-state index in [1.54, 1.807) is 0 Å². The lowest BCUT2D eigenvalue weighted by Crippen LogP contribution is -2.14. The number of H-pyrrole nitrogens is 1. The highest BCUT2D eigenvalue weighted by Crippen LogP contribution is 2.36. The lowest BCUT2D eigenvalue weighted by molar-refractivity contribution is 0.0853. The van der Waals surface area contributed by atoms with Crippen molar-refractivity contribution in [1.82, 2.24) is 9.97 Å². The molecule has 2 aromatic carbocycles. The van der Waals surface area contributed by atoms with E-state index in [9.17, 15) is 0 Å². The number of hydrogen-bond acceptors (Lipinski definition) is 3. The van der Waals surface area contributed by atoms with Gasteiger partial charge in [-0.1, -0.05) is 6.07 Å². The summed E-state index contributed by atoms with van der Waals surface area (Å²) in [6.07, 6.45) is 2.15. The predicted octanol–water partition coefficient (Wildman–Crippen LogP) is 4.32. The summed E-state index contributed by atoms with van der Waals surface area (Å²) in [6.45, 7) is 5.82. The van der Waals surface area contributed by atoms with E-state index in [0.717, 1.165) is 48.6 Å². The fourth-order valence-corrected chi connectivity index (χ4v) is 3.66. The van der Waals surface area contributed by atoms with Gasteiger partial charge in [-0.3, -0.25) is 0 Å². The van der Waals surface area contributed by atoms with Crippen LogP contribution in [-0.2, 0) is 4.74 Å². The first-order valence-corrected chi connectivity index (χ1v) is 8.56. The van der Waals surface area contributed by atoms with Crippen LogP contribution in [-0.4, -0.2) is 23.2 Å². The first-order valence-electron chi connectivity index (χ1n) is 8.56. The number of aryl methyl sites for hydroxylation is 2. The number of anilines is 1. The first kappa shape index (κ1) is 15.2. The van der Waals surface area contributed by atoms with Crippen molar-refractivity contribution >= 4 is 16.7 Å². The van der Waals surface area contributed by atoms with Gasteiger partial charge in [0.05, 0.1) is 11.0 Å². The molecule has 3 aromatic rings. The Balaban J connectivity index is 1.93. The normalized spacial score (nSPS) is 15.9. The first-order chi connectivity index (χ1) is 11.6. The minimum absolute atomic E-state index is 0.548.